The molecule has 0 heterocycles. The summed E-state index contributed by atoms with van der Waals surface area (Å²) in [5.74, 6) is 0.512. The molecular weight excluding hydrogens is 138 g/mol. The van der Waals surface area contributed by atoms with Gasteiger partial charge in [0.15, 0.2) is 0 Å². The number of nitrogens with two attached hydrogens (primary N) is 1. The summed E-state index contributed by atoms with van der Waals surface area (Å²) in [5.41, 5.74) is 6.13. The van der Waals surface area contributed by atoms with Gasteiger partial charge in [0.1, 0.15) is 5.70 Å². The average Bonchev–Trinajstić information content (AvgIpc) is 1.86. The van der Waals surface area contributed by atoms with Gasteiger partial charge in [0.05, 0.1) is 12.2 Å². The van der Waals surface area contributed by atoms with Gasteiger partial charge in [-0.05, 0) is 5.92 Å². The molecule has 0 bridgehead atoms. The Kier molecular flexibility index (Phi) is 4.18. The lowest BCUT2D eigenvalue weighted by Crippen LogP contribution is -1.96. The average molecular weight is 153 g/mol. The van der Waals surface area contributed by atoms with Crippen molar-refractivity contribution in [2.24, 2.45) is 21.9 Å². The molecule has 0 aromatic heterocycles. The Morgan fingerprint density at radius 3 is 2.36 bits per heavy atom. The molecule has 0 spiro atoms. The van der Waals surface area contributed by atoms with Gasteiger partial charge < -0.3 is 5.73 Å². The second kappa shape index (κ2) is 4.66. The predicted molar refractivity (Wildman–Crippen MR) is 47.0 cm³/mol. The zero-order valence-electron chi connectivity index (χ0n) is 7.17. The van der Waals surface area contributed by atoms with Crippen molar-refractivity contribution in [1.29, 1.82) is 0 Å². The molecule has 0 aliphatic rings. The molecule has 0 aromatic rings. The summed E-state index contributed by atoms with van der Waals surface area (Å²) in [6, 6.07) is 0. The maximum absolute atomic E-state index is 5.31. The molecule has 0 amide bonds. The third-order valence-corrected chi connectivity index (χ3v) is 1.01. The van der Waals surface area contributed by atoms with Crippen LogP contribution in [-0.4, -0.2) is 6.54 Å². The number of nitrogens with zero attached hydrogens (tertiary/aromatic N) is 2. The molecule has 3 nitrogen and oxygen atoms in total. The lowest BCUT2D eigenvalue weighted by atomic mass is 10.2. The third kappa shape index (κ3) is 5.33. The third-order valence-electron chi connectivity index (χ3n) is 1.01. The van der Waals surface area contributed by atoms with E-state index in [-0.39, 0.29) is 0 Å². The normalized spacial score (nSPS) is 10.8. The molecule has 0 saturated carbocycles. The first kappa shape index (κ1) is 9.88. The van der Waals surface area contributed by atoms with Crippen LogP contribution in [-0.2, 0) is 0 Å². The van der Waals surface area contributed by atoms with E-state index >= 15 is 0 Å². The summed E-state index contributed by atoms with van der Waals surface area (Å²) >= 11 is 0. The van der Waals surface area contributed by atoms with E-state index in [4.69, 9.17) is 5.73 Å². The van der Waals surface area contributed by atoms with Crippen molar-refractivity contribution in [2.75, 3.05) is 6.54 Å². The molecule has 0 aliphatic heterocycles. The van der Waals surface area contributed by atoms with Gasteiger partial charge in [-0.25, -0.2) is 0 Å². The largest absolute Gasteiger partial charge is 0.397 e. The maximum atomic E-state index is 5.31. The molecule has 0 aliphatic carbocycles. The van der Waals surface area contributed by atoms with Crippen LogP contribution in [0, 0.1) is 5.92 Å². The van der Waals surface area contributed by atoms with Crippen LogP contribution >= 0.6 is 0 Å². The fraction of sp³-hybridized carbons (Fsp3) is 0.500. The smallest absolute Gasteiger partial charge is 0.100 e. The van der Waals surface area contributed by atoms with E-state index in [9.17, 15) is 0 Å². The van der Waals surface area contributed by atoms with Crippen LogP contribution in [0.15, 0.2) is 34.8 Å². The van der Waals surface area contributed by atoms with Crippen molar-refractivity contribution >= 4 is 0 Å². The zero-order chi connectivity index (χ0) is 8.85. The van der Waals surface area contributed by atoms with E-state index in [1.807, 2.05) is 0 Å². The Morgan fingerprint density at radius 2 is 2.00 bits per heavy atom. The molecular formula is C8H15N3. The van der Waals surface area contributed by atoms with E-state index in [0.29, 0.717) is 23.9 Å². The second-order valence-electron chi connectivity index (χ2n) is 2.79. The fourth-order valence-corrected chi connectivity index (χ4v) is 0.354. The van der Waals surface area contributed by atoms with Gasteiger partial charge in [-0.15, -0.1) is 0 Å². The van der Waals surface area contributed by atoms with Gasteiger partial charge in [-0.2, -0.15) is 10.2 Å². The van der Waals surface area contributed by atoms with E-state index in [0.717, 1.165) is 0 Å². The van der Waals surface area contributed by atoms with E-state index < -0.39 is 0 Å². The fourth-order valence-electron chi connectivity index (χ4n) is 0.354. The molecule has 0 aromatic carbocycles. The highest BCUT2D eigenvalue weighted by atomic mass is 15.1. The summed E-state index contributed by atoms with van der Waals surface area (Å²) in [7, 11) is 0. The van der Waals surface area contributed by atoms with Crippen molar-refractivity contribution in [3.05, 3.63) is 24.6 Å². The number of hydrogen-bond donors (Lipinski definition) is 1. The number of azo groups is 1. The van der Waals surface area contributed by atoms with Gasteiger partial charge in [0.25, 0.3) is 0 Å². The summed E-state index contributed by atoms with van der Waals surface area (Å²) in [6.07, 6.45) is 0. The van der Waals surface area contributed by atoms with Gasteiger partial charge in [0.2, 0.25) is 0 Å². The summed E-state index contributed by atoms with van der Waals surface area (Å²) in [4.78, 5) is 0. The van der Waals surface area contributed by atoms with Crippen molar-refractivity contribution in [1.82, 2.24) is 0 Å². The zero-order valence-corrected chi connectivity index (χ0v) is 7.17. The predicted octanol–water partition coefficient (Wildman–Crippen LogP) is 2.08. The summed E-state index contributed by atoms with van der Waals surface area (Å²) in [6.45, 7) is 11.9. The lowest BCUT2D eigenvalue weighted by molar-refractivity contribution is 0.644. The van der Waals surface area contributed by atoms with Crippen LogP contribution in [0.4, 0.5) is 0 Å². The summed E-state index contributed by atoms with van der Waals surface area (Å²) < 4.78 is 0. The van der Waals surface area contributed by atoms with Crippen LogP contribution < -0.4 is 5.73 Å². The molecule has 0 rings (SSSR count). The molecule has 0 radical (unpaired) electrons. The van der Waals surface area contributed by atoms with Gasteiger partial charge in [-0.3, -0.25) is 0 Å². The van der Waals surface area contributed by atoms with E-state index in [1.54, 1.807) is 0 Å². The first-order chi connectivity index (χ1) is 5.04. The SMILES string of the molecule is C=C(N)C(=C)/N=N/CC(C)C. The Balaban J connectivity index is 3.75. The number of rotatable bonds is 4. The van der Waals surface area contributed by atoms with Crippen LogP contribution in [0.25, 0.3) is 0 Å². The molecule has 2 N–H and O–H groups in total. The lowest BCUT2D eigenvalue weighted by Gasteiger charge is -1.97. The molecule has 0 atom stereocenters. The minimum Gasteiger partial charge on any atom is -0.397 e. The maximum Gasteiger partial charge on any atom is 0.100 e. The van der Waals surface area contributed by atoms with Crippen LogP contribution in [0.5, 0.6) is 0 Å². The quantitative estimate of drug-likeness (QED) is 0.488. The number of hydrogen-bond acceptors (Lipinski definition) is 3. The van der Waals surface area contributed by atoms with Crippen molar-refractivity contribution in [2.45, 2.75) is 13.8 Å². The first-order valence-electron chi connectivity index (χ1n) is 3.55. The minimum absolute atomic E-state index is 0.373. The monoisotopic (exact) mass is 153 g/mol. The first-order valence-corrected chi connectivity index (χ1v) is 3.55. The Labute approximate surface area is 67.7 Å². The van der Waals surface area contributed by atoms with Crippen molar-refractivity contribution < 1.29 is 0 Å². The molecule has 0 fully saturated rings. The van der Waals surface area contributed by atoms with E-state index in [2.05, 4.69) is 37.2 Å². The Hall–Kier alpha value is -1.12. The van der Waals surface area contributed by atoms with Gasteiger partial charge in [-0.1, -0.05) is 27.0 Å². The van der Waals surface area contributed by atoms with Gasteiger partial charge in [0, 0.05) is 0 Å². The topological polar surface area (TPSA) is 50.7 Å². The molecule has 62 valence electrons. The molecule has 0 unspecified atom stereocenters. The highest BCUT2D eigenvalue weighted by Gasteiger charge is 1.92. The van der Waals surface area contributed by atoms with Crippen molar-refractivity contribution in [3.63, 3.8) is 0 Å². The Morgan fingerprint density at radius 1 is 1.45 bits per heavy atom. The van der Waals surface area contributed by atoms with Crippen molar-refractivity contribution in [3.8, 4) is 0 Å². The molecule has 3 heteroatoms. The standard InChI is InChI=1S/C8H15N3/c1-6(2)5-10-11-8(4)7(3)9/h6H,3-5,9H2,1-2H3/b11-10+. The molecule has 11 heavy (non-hydrogen) atoms. The van der Waals surface area contributed by atoms with Crippen LogP contribution in [0.1, 0.15) is 13.8 Å². The minimum atomic E-state index is 0.373. The highest BCUT2D eigenvalue weighted by molar-refractivity contribution is 5.18. The molecule has 0 saturated heterocycles. The van der Waals surface area contributed by atoms with Crippen LogP contribution in [0.3, 0.4) is 0 Å². The van der Waals surface area contributed by atoms with E-state index in [1.165, 1.54) is 0 Å². The summed E-state index contributed by atoms with van der Waals surface area (Å²) in [5, 5.41) is 7.65. The highest BCUT2D eigenvalue weighted by Crippen LogP contribution is 2.01. The van der Waals surface area contributed by atoms with Gasteiger partial charge >= 0.3 is 0 Å². The Bertz CT molecular complexity index is 180. The second-order valence-corrected chi connectivity index (χ2v) is 2.79. The van der Waals surface area contributed by atoms with Crippen LogP contribution in [0.2, 0.25) is 0 Å².